The van der Waals surface area contributed by atoms with Gasteiger partial charge in [-0.15, -0.1) is 0 Å². The van der Waals surface area contributed by atoms with Gasteiger partial charge in [-0.05, 0) is 0 Å². The van der Waals surface area contributed by atoms with Gasteiger partial charge in [0.25, 0.3) is 0 Å². The van der Waals surface area contributed by atoms with Gasteiger partial charge in [-0.1, -0.05) is 6.58 Å². The Morgan fingerprint density at radius 2 is 2.28 bits per heavy atom. The fourth-order valence-corrected chi connectivity index (χ4v) is 1.76. The largest absolute Gasteiger partial charge is 0.483 e. The van der Waals surface area contributed by atoms with Crippen LogP contribution < -0.4 is 9.47 Å². The van der Waals surface area contributed by atoms with Crippen LogP contribution in [0.1, 0.15) is 10.4 Å². The highest BCUT2D eigenvalue weighted by Crippen LogP contribution is 2.48. The molecule has 92 valence electrons. The van der Waals surface area contributed by atoms with Gasteiger partial charge >= 0.3 is 11.9 Å². The van der Waals surface area contributed by atoms with E-state index in [1.165, 1.54) is 0 Å². The number of carbonyl (C=O) groups excluding carboxylic acids is 2. The van der Waals surface area contributed by atoms with Gasteiger partial charge in [0.15, 0.2) is 11.2 Å². The number of fused-ring (bicyclic) bond motifs is 1. The molecule has 0 radical (unpaired) electrons. The van der Waals surface area contributed by atoms with Crippen molar-refractivity contribution in [3.8, 4) is 11.5 Å². The molecular weight excluding hydrogens is 240 g/mol. The second-order valence-electron chi connectivity index (χ2n) is 3.62. The van der Waals surface area contributed by atoms with E-state index in [1.807, 2.05) is 0 Å². The van der Waals surface area contributed by atoms with Crippen LogP contribution >= 0.6 is 0 Å². The van der Waals surface area contributed by atoms with Crippen molar-refractivity contribution in [1.82, 2.24) is 0 Å². The minimum atomic E-state index is -0.517. The van der Waals surface area contributed by atoms with Gasteiger partial charge < -0.3 is 18.6 Å². The maximum absolute atomic E-state index is 11.3. The van der Waals surface area contributed by atoms with Gasteiger partial charge in [0, 0.05) is 12.1 Å². The lowest BCUT2D eigenvalue weighted by atomic mass is 10.2. The van der Waals surface area contributed by atoms with E-state index in [0.717, 1.165) is 6.08 Å². The first-order chi connectivity index (χ1) is 8.70. The van der Waals surface area contributed by atoms with Gasteiger partial charge in [-0.25, -0.2) is 9.59 Å². The second-order valence-corrected chi connectivity index (χ2v) is 3.62. The number of rotatable bonds is 5. The Labute approximate surface area is 101 Å². The monoisotopic (exact) mass is 248 g/mol. The van der Waals surface area contributed by atoms with Crippen molar-refractivity contribution in [3.05, 3.63) is 24.3 Å². The summed E-state index contributed by atoms with van der Waals surface area (Å²) in [5.74, 6) is -0.277. The van der Waals surface area contributed by atoms with Crippen LogP contribution in [-0.2, 0) is 9.53 Å². The van der Waals surface area contributed by atoms with E-state index >= 15 is 0 Å². The number of furan rings is 2. The number of carbonyl (C=O) groups is 2. The van der Waals surface area contributed by atoms with Crippen molar-refractivity contribution in [2.24, 2.45) is 0 Å². The molecule has 0 atom stereocenters. The minimum absolute atomic E-state index is 0.0781. The van der Waals surface area contributed by atoms with E-state index in [2.05, 4.69) is 6.58 Å². The first kappa shape index (κ1) is 10.6. The number of esters is 2. The number of hydrogen-bond donors (Lipinski definition) is 0. The molecule has 0 spiro atoms. The van der Waals surface area contributed by atoms with Crippen LogP contribution in [0.3, 0.4) is 0 Å². The van der Waals surface area contributed by atoms with Crippen LogP contribution in [0.15, 0.2) is 23.1 Å². The molecule has 0 unspecified atom stereocenters. The second kappa shape index (κ2) is 3.76. The highest BCUT2D eigenvalue weighted by atomic mass is 16.6. The Bertz CT molecular complexity index is 638. The third-order valence-electron chi connectivity index (χ3n) is 2.52. The van der Waals surface area contributed by atoms with Crippen molar-refractivity contribution in [2.75, 3.05) is 13.2 Å². The lowest BCUT2D eigenvalue weighted by Gasteiger charge is -2.05. The lowest BCUT2D eigenvalue weighted by Crippen LogP contribution is -2.10. The lowest BCUT2D eigenvalue weighted by molar-refractivity contribution is -0.138. The molecule has 0 saturated heterocycles. The third-order valence-corrected chi connectivity index (χ3v) is 2.52. The highest BCUT2D eigenvalue weighted by Gasteiger charge is 2.35. The molecule has 0 fully saturated rings. The quantitative estimate of drug-likeness (QED) is 0.453. The van der Waals surface area contributed by atoms with E-state index in [-0.39, 0.29) is 13.2 Å². The molecule has 0 amide bonds. The standard InChI is InChI=1S/C12H8O6/c1-2-8(13)15-3-4-16-10-7-5-6-9(17-7)11(10)18-12(6)14/h2,5H,1,3-4H2. The zero-order valence-corrected chi connectivity index (χ0v) is 9.23. The summed E-state index contributed by atoms with van der Waals surface area (Å²) in [4.78, 5) is 22.1. The van der Waals surface area contributed by atoms with Gasteiger partial charge in [-0.3, -0.25) is 0 Å². The normalized spacial score (nSPS) is 12.8. The van der Waals surface area contributed by atoms with Crippen LogP contribution in [0.2, 0.25) is 0 Å². The molecule has 2 bridgehead atoms. The summed E-state index contributed by atoms with van der Waals surface area (Å²) in [5, 5.41) is 0. The Kier molecular flexibility index (Phi) is 2.22. The molecule has 0 aliphatic carbocycles. The van der Waals surface area contributed by atoms with Crippen molar-refractivity contribution in [1.29, 1.82) is 0 Å². The van der Waals surface area contributed by atoms with E-state index in [1.54, 1.807) is 6.07 Å². The van der Waals surface area contributed by atoms with Gasteiger partial charge in [0.05, 0.1) is 0 Å². The summed E-state index contributed by atoms with van der Waals surface area (Å²) in [6, 6.07) is 1.57. The summed E-state index contributed by atoms with van der Waals surface area (Å²) >= 11 is 0. The van der Waals surface area contributed by atoms with Crippen LogP contribution in [0.4, 0.5) is 0 Å². The van der Waals surface area contributed by atoms with Crippen molar-refractivity contribution in [3.63, 3.8) is 0 Å². The highest BCUT2D eigenvalue weighted by molar-refractivity contribution is 6.10. The topological polar surface area (TPSA) is 75.0 Å². The molecule has 6 nitrogen and oxygen atoms in total. The first-order valence-corrected chi connectivity index (χ1v) is 5.23. The number of ether oxygens (including phenoxy) is 3. The Hall–Kier alpha value is -2.50. The van der Waals surface area contributed by atoms with Gasteiger partial charge in [0.2, 0.25) is 11.5 Å². The van der Waals surface area contributed by atoms with Crippen LogP contribution in [0.25, 0.3) is 11.2 Å². The molecule has 0 saturated carbocycles. The summed E-state index contributed by atoms with van der Waals surface area (Å²) in [6.45, 7) is 3.49. The van der Waals surface area contributed by atoms with Crippen molar-refractivity contribution < 1.29 is 28.2 Å². The molecule has 2 aromatic rings. The van der Waals surface area contributed by atoms with Gasteiger partial charge in [0.1, 0.15) is 18.8 Å². The van der Waals surface area contributed by atoms with Crippen LogP contribution in [-0.4, -0.2) is 25.2 Å². The third kappa shape index (κ3) is 1.42. The van der Waals surface area contributed by atoms with E-state index in [9.17, 15) is 9.59 Å². The Morgan fingerprint density at radius 1 is 1.44 bits per heavy atom. The first-order valence-electron chi connectivity index (χ1n) is 5.23. The van der Waals surface area contributed by atoms with E-state index in [4.69, 9.17) is 18.6 Å². The summed E-state index contributed by atoms with van der Waals surface area (Å²) in [7, 11) is 0. The van der Waals surface area contributed by atoms with E-state index < -0.39 is 11.9 Å². The number of hydrogen-bond acceptors (Lipinski definition) is 6. The van der Waals surface area contributed by atoms with E-state index in [0.29, 0.717) is 28.2 Å². The van der Waals surface area contributed by atoms with Crippen molar-refractivity contribution >= 4 is 23.1 Å². The molecule has 1 aliphatic rings. The molecule has 6 heteroatoms. The fraction of sp³-hybridized carbons (Fsp3) is 0.167. The molecule has 3 heterocycles. The average molecular weight is 248 g/mol. The molecule has 18 heavy (non-hydrogen) atoms. The average Bonchev–Trinajstić information content (AvgIpc) is 2.97. The Balaban J connectivity index is 1.65. The maximum atomic E-state index is 11.3. The molecule has 0 aromatic carbocycles. The predicted molar refractivity (Wildman–Crippen MR) is 59.0 cm³/mol. The minimum Gasteiger partial charge on any atom is -0.483 e. The molecule has 3 rings (SSSR count). The molecule has 2 aromatic heterocycles. The SMILES string of the molecule is C=CC(=O)OCCOc1c2c3oc1cc3C(=O)O2. The zero-order chi connectivity index (χ0) is 12.7. The Morgan fingerprint density at radius 3 is 3.06 bits per heavy atom. The van der Waals surface area contributed by atoms with Gasteiger partial charge in [-0.2, -0.15) is 0 Å². The number of benzene rings is 1. The van der Waals surface area contributed by atoms with Crippen molar-refractivity contribution in [2.45, 2.75) is 0 Å². The summed E-state index contributed by atoms with van der Waals surface area (Å²) < 4.78 is 20.4. The zero-order valence-electron chi connectivity index (χ0n) is 9.23. The smallest absolute Gasteiger partial charge is 0.347 e. The maximum Gasteiger partial charge on any atom is 0.347 e. The molecule has 1 aliphatic heterocycles. The summed E-state index contributed by atoms with van der Waals surface area (Å²) in [5.41, 5.74) is 1.29. The van der Waals surface area contributed by atoms with Crippen LogP contribution in [0, 0.1) is 0 Å². The molecular formula is C12H8O6. The fourth-order valence-electron chi connectivity index (χ4n) is 1.76. The summed E-state index contributed by atoms with van der Waals surface area (Å²) in [6.07, 6.45) is 1.07. The van der Waals surface area contributed by atoms with Crippen LogP contribution in [0.5, 0.6) is 11.5 Å². The molecule has 0 N–H and O–H groups in total. The predicted octanol–water partition coefficient (Wildman–Crippen LogP) is 1.51.